The Labute approximate surface area is 97.8 Å². The van der Waals surface area contributed by atoms with E-state index in [1.165, 1.54) is 0 Å². The molecular weight excluding hydrogens is 202 g/mol. The molecule has 0 saturated heterocycles. The van der Waals surface area contributed by atoms with Gasteiger partial charge in [-0.05, 0) is 44.2 Å². The summed E-state index contributed by atoms with van der Waals surface area (Å²) in [7, 11) is 1.66. The highest BCUT2D eigenvalue weighted by Crippen LogP contribution is 2.17. The van der Waals surface area contributed by atoms with E-state index < -0.39 is 0 Å². The van der Waals surface area contributed by atoms with Gasteiger partial charge in [0.1, 0.15) is 17.6 Å². The molecular formula is C13H21NO2. The first-order valence-electron chi connectivity index (χ1n) is 5.77. The summed E-state index contributed by atoms with van der Waals surface area (Å²) >= 11 is 0. The molecule has 0 aliphatic rings. The van der Waals surface area contributed by atoms with Crippen molar-refractivity contribution >= 4 is 0 Å². The van der Waals surface area contributed by atoms with E-state index in [-0.39, 0.29) is 6.10 Å². The van der Waals surface area contributed by atoms with Gasteiger partial charge in [-0.3, -0.25) is 0 Å². The van der Waals surface area contributed by atoms with E-state index in [9.17, 15) is 0 Å². The quantitative estimate of drug-likeness (QED) is 0.720. The molecule has 0 bridgehead atoms. The molecule has 3 heteroatoms. The van der Waals surface area contributed by atoms with Crippen LogP contribution in [0.2, 0.25) is 0 Å². The smallest absolute Gasteiger partial charge is 0.120 e. The third-order valence-corrected chi connectivity index (χ3v) is 2.26. The number of hydrogen-bond donors (Lipinski definition) is 1. The summed E-state index contributed by atoms with van der Waals surface area (Å²) in [6.07, 6.45) is 1.33. The fraction of sp³-hybridized carbons (Fsp3) is 0.538. The van der Waals surface area contributed by atoms with E-state index in [1.54, 1.807) is 7.11 Å². The van der Waals surface area contributed by atoms with Crippen LogP contribution in [0.3, 0.4) is 0 Å². The Kier molecular flexibility index (Phi) is 5.72. The molecule has 0 radical (unpaired) electrons. The van der Waals surface area contributed by atoms with Gasteiger partial charge in [0.05, 0.1) is 7.11 Å². The molecule has 0 aliphatic carbocycles. The molecule has 16 heavy (non-hydrogen) atoms. The number of methoxy groups -OCH3 is 1. The van der Waals surface area contributed by atoms with Crippen LogP contribution in [0, 0.1) is 0 Å². The minimum atomic E-state index is 0.181. The summed E-state index contributed by atoms with van der Waals surface area (Å²) in [5.41, 5.74) is 0. The first-order valence-corrected chi connectivity index (χ1v) is 5.77. The first-order chi connectivity index (χ1) is 7.76. The van der Waals surface area contributed by atoms with Gasteiger partial charge in [-0.2, -0.15) is 0 Å². The molecule has 1 N–H and O–H groups in total. The van der Waals surface area contributed by atoms with Gasteiger partial charge in [0.2, 0.25) is 0 Å². The predicted octanol–water partition coefficient (Wildman–Crippen LogP) is 2.46. The van der Waals surface area contributed by atoms with Crippen molar-refractivity contribution in [3.8, 4) is 11.5 Å². The lowest BCUT2D eigenvalue weighted by atomic mass is 10.3. The highest BCUT2D eigenvalue weighted by Gasteiger charge is 2.03. The van der Waals surface area contributed by atoms with Gasteiger partial charge < -0.3 is 14.8 Å². The Morgan fingerprint density at radius 3 is 2.38 bits per heavy atom. The van der Waals surface area contributed by atoms with Crippen molar-refractivity contribution in [1.82, 2.24) is 5.32 Å². The molecule has 0 aliphatic heterocycles. The number of nitrogens with one attached hydrogen (secondary N) is 1. The lowest BCUT2D eigenvalue weighted by molar-refractivity contribution is 0.217. The Morgan fingerprint density at radius 1 is 1.19 bits per heavy atom. The van der Waals surface area contributed by atoms with Gasteiger partial charge >= 0.3 is 0 Å². The average molecular weight is 223 g/mol. The van der Waals surface area contributed by atoms with E-state index in [4.69, 9.17) is 9.47 Å². The van der Waals surface area contributed by atoms with Crippen molar-refractivity contribution in [2.45, 2.75) is 26.4 Å². The first kappa shape index (κ1) is 12.8. The number of benzene rings is 1. The second-order valence-electron chi connectivity index (χ2n) is 3.81. The van der Waals surface area contributed by atoms with Gasteiger partial charge in [0.15, 0.2) is 0 Å². The molecule has 0 aromatic heterocycles. The Bertz CT molecular complexity index is 284. The van der Waals surface area contributed by atoms with Gasteiger partial charge in [0.25, 0.3) is 0 Å². The van der Waals surface area contributed by atoms with Crippen molar-refractivity contribution in [3.63, 3.8) is 0 Å². The van der Waals surface area contributed by atoms with Crippen molar-refractivity contribution in [1.29, 1.82) is 0 Å². The number of hydrogen-bond acceptors (Lipinski definition) is 3. The van der Waals surface area contributed by atoms with Crippen molar-refractivity contribution in [2.24, 2.45) is 0 Å². The molecule has 1 unspecified atom stereocenters. The van der Waals surface area contributed by atoms with Gasteiger partial charge in [-0.25, -0.2) is 0 Å². The molecule has 90 valence electrons. The minimum Gasteiger partial charge on any atom is -0.497 e. The molecule has 0 heterocycles. The van der Waals surface area contributed by atoms with Crippen LogP contribution in [0.5, 0.6) is 11.5 Å². The van der Waals surface area contributed by atoms with Crippen LogP contribution >= 0.6 is 0 Å². The molecule has 1 aromatic rings. The molecule has 0 amide bonds. The Hall–Kier alpha value is -1.22. The zero-order chi connectivity index (χ0) is 11.8. The molecule has 0 fully saturated rings. The number of ether oxygens (including phenoxy) is 2. The zero-order valence-electron chi connectivity index (χ0n) is 10.3. The molecule has 1 atom stereocenters. The topological polar surface area (TPSA) is 30.5 Å². The van der Waals surface area contributed by atoms with Gasteiger partial charge in [-0.15, -0.1) is 0 Å². The van der Waals surface area contributed by atoms with Crippen LogP contribution in [0.4, 0.5) is 0 Å². The van der Waals surface area contributed by atoms with E-state index in [1.807, 2.05) is 24.3 Å². The van der Waals surface area contributed by atoms with Crippen LogP contribution in [-0.2, 0) is 0 Å². The zero-order valence-corrected chi connectivity index (χ0v) is 10.3. The van der Waals surface area contributed by atoms with Crippen LogP contribution in [0.25, 0.3) is 0 Å². The standard InChI is InChI=1S/C13H21NO2/c1-4-9-14-10-11(2)16-13-7-5-12(15-3)6-8-13/h5-8,11,14H,4,9-10H2,1-3H3. The fourth-order valence-electron chi connectivity index (χ4n) is 1.41. The van der Waals surface area contributed by atoms with Gasteiger partial charge in [0, 0.05) is 6.54 Å². The maximum atomic E-state index is 5.74. The lowest BCUT2D eigenvalue weighted by Crippen LogP contribution is -2.29. The third-order valence-electron chi connectivity index (χ3n) is 2.26. The Balaban J connectivity index is 2.34. The summed E-state index contributed by atoms with van der Waals surface area (Å²) in [6.45, 7) is 6.13. The third kappa shape index (κ3) is 4.53. The summed E-state index contributed by atoms with van der Waals surface area (Å²) in [6, 6.07) is 7.66. The lowest BCUT2D eigenvalue weighted by Gasteiger charge is -2.15. The largest absolute Gasteiger partial charge is 0.497 e. The maximum Gasteiger partial charge on any atom is 0.120 e. The molecule has 0 saturated carbocycles. The van der Waals surface area contributed by atoms with Crippen molar-refractivity contribution in [3.05, 3.63) is 24.3 Å². The molecule has 1 aromatic carbocycles. The summed E-state index contributed by atoms with van der Waals surface area (Å²) in [4.78, 5) is 0. The van der Waals surface area contributed by atoms with Crippen molar-refractivity contribution in [2.75, 3.05) is 20.2 Å². The molecule has 1 rings (SSSR count). The average Bonchev–Trinajstić information content (AvgIpc) is 2.30. The summed E-state index contributed by atoms with van der Waals surface area (Å²) in [5.74, 6) is 1.73. The second kappa shape index (κ2) is 7.12. The maximum absolute atomic E-state index is 5.74. The highest BCUT2D eigenvalue weighted by molar-refractivity contribution is 5.31. The van der Waals surface area contributed by atoms with Crippen molar-refractivity contribution < 1.29 is 9.47 Å². The van der Waals surface area contributed by atoms with Gasteiger partial charge in [-0.1, -0.05) is 6.92 Å². The fourth-order valence-corrected chi connectivity index (χ4v) is 1.41. The SMILES string of the molecule is CCCNCC(C)Oc1ccc(OC)cc1. The predicted molar refractivity (Wildman–Crippen MR) is 66.2 cm³/mol. The summed E-state index contributed by atoms with van der Waals surface area (Å²) < 4.78 is 10.8. The van der Waals surface area contributed by atoms with Crippen LogP contribution in [0.1, 0.15) is 20.3 Å². The van der Waals surface area contributed by atoms with E-state index in [0.717, 1.165) is 31.0 Å². The monoisotopic (exact) mass is 223 g/mol. The normalized spacial score (nSPS) is 12.2. The number of rotatable bonds is 7. The Morgan fingerprint density at radius 2 is 1.81 bits per heavy atom. The minimum absolute atomic E-state index is 0.181. The molecule has 0 spiro atoms. The van der Waals surface area contributed by atoms with E-state index >= 15 is 0 Å². The van der Waals surface area contributed by atoms with E-state index in [0.29, 0.717) is 0 Å². The molecule has 3 nitrogen and oxygen atoms in total. The van der Waals surface area contributed by atoms with Crippen LogP contribution in [-0.4, -0.2) is 26.3 Å². The van der Waals surface area contributed by atoms with Crippen LogP contribution in [0.15, 0.2) is 24.3 Å². The summed E-state index contributed by atoms with van der Waals surface area (Å²) in [5, 5.41) is 3.33. The van der Waals surface area contributed by atoms with Crippen LogP contribution < -0.4 is 14.8 Å². The highest BCUT2D eigenvalue weighted by atomic mass is 16.5. The second-order valence-corrected chi connectivity index (χ2v) is 3.81. The van der Waals surface area contributed by atoms with E-state index in [2.05, 4.69) is 19.2 Å².